The van der Waals surface area contributed by atoms with Crippen LogP contribution < -0.4 is 5.32 Å². The molecule has 1 rings (SSSR count). The average Bonchev–Trinajstić information content (AvgIpc) is 2.26. The predicted octanol–water partition coefficient (Wildman–Crippen LogP) is 2.11. The summed E-state index contributed by atoms with van der Waals surface area (Å²) in [5.74, 6) is 0. The van der Waals surface area contributed by atoms with Crippen LogP contribution in [-0.2, 0) is 0 Å². The maximum absolute atomic E-state index is 9.06. The van der Waals surface area contributed by atoms with Gasteiger partial charge < -0.3 is 10.4 Å². The molecule has 2 heteroatoms. The number of benzene rings is 1. The molecule has 14 heavy (non-hydrogen) atoms. The summed E-state index contributed by atoms with van der Waals surface area (Å²) < 4.78 is 0. The van der Waals surface area contributed by atoms with Crippen molar-refractivity contribution in [2.75, 3.05) is 6.61 Å². The zero-order valence-corrected chi connectivity index (χ0v) is 8.90. The monoisotopic (exact) mass is 193 g/mol. The van der Waals surface area contributed by atoms with Crippen LogP contribution in [0.25, 0.3) is 0 Å². The Hall–Kier alpha value is -0.860. The highest BCUT2D eigenvalue weighted by Crippen LogP contribution is 2.12. The molecule has 0 spiro atoms. The van der Waals surface area contributed by atoms with Crippen LogP contribution in [0.3, 0.4) is 0 Å². The van der Waals surface area contributed by atoms with Gasteiger partial charge in [0.2, 0.25) is 0 Å². The Labute approximate surface area is 86.0 Å². The number of hydrogen-bond donors (Lipinski definition) is 2. The summed E-state index contributed by atoms with van der Waals surface area (Å²) in [6.07, 6.45) is 0.952. The molecule has 1 aromatic carbocycles. The van der Waals surface area contributed by atoms with Crippen molar-refractivity contribution in [2.24, 2.45) is 0 Å². The fraction of sp³-hybridized carbons (Fsp3) is 0.500. The van der Waals surface area contributed by atoms with E-state index >= 15 is 0 Å². The summed E-state index contributed by atoms with van der Waals surface area (Å²) in [7, 11) is 0. The van der Waals surface area contributed by atoms with E-state index in [4.69, 9.17) is 5.11 Å². The van der Waals surface area contributed by atoms with Gasteiger partial charge in [-0.05, 0) is 18.9 Å². The van der Waals surface area contributed by atoms with Gasteiger partial charge in [-0.15, -0.1) is 0 Å². The molecule has 0 radical (unpaired) electrons. The van der Waals surface area contributed by atoms with Crippen LogP contribution >= 0.6 is 0 Å². The molecule has 0 saturated carbocycles. The lowest BCUT2D eigenvalue weighted by molar-refractivity contribution is 0.230. The molecule has 0 aliphatic carbocycles. The SMILES string of the molecule is CC[C@H](CO)N[C@H](C)c1ccccc1. The Morgan fingerprint density at radius 3 is 2.43 bits per heavy atom. The minimum atomic E-state index is 0.199. The van der Waals surface area contributed by atoms with E-state index in [1.54, 1.807) is 0 Å². The molecule has 2 nitrogen and oxygen atoms in total. The van der Waals surface area contributed by atoms with E-state index in [0.29, 0.717) is 6.04 Å². The molecule has 0 bridgehead atoms. The molecule has 78 valence electrons. The van der Waals surface area contributed by atoms with Crippen molar-refractivity contribution in [3.05, 3.63) is 35.9 Å². The fourth-order valence-electron chi connectivity index (χ4n) is 1.49. The summed E-state index contributed by atoms with van der Waals surface area (Å²) >= 11 is 0. The van der Waals surface area contributed by atoms with Gasteiger partial charge in [-0.1, -0.05) is 37.3 Å². The largest absolute Gasteiger partial charge is 0.395 e. The maximum atomic E-state index is 9.06. The lowest BCUT2D eigenvalue weighted by Gasteiger charge is -2.20. The van der Waals surface area contributed by atoms with Crippen molar-refractivity contribution in [3.63, 3.8) is 0 Å². The van der Waals surface area contributed by atoms with Crippen LogP contribution in [0, 0.1) is 0 Å². The number of aliphatic hydroxyl groups is 1. The zero-order valence-electron chi connectivity index (χ0n) is 8.90. The van der Waals surface area contributed by atoms with Crippen molar-refractivity contribution in [3.8, 4) is 0 Å². The highest BCUT2D eigenvalue weighted by Gasteiger charge is 2.09. The first kappa shape index (κ1) is 11.2. The van der Waals surface area contributed by atoms with E-state index < -0.39 is 0 Å². The lowest BCUT2D eigenvalue weighted by Crippen LogP contribution is -2.33. The summed E-state index contributed by atoms with van der Waals surface area (Å²) in [5, 5.41) is 12.4. The molecule has 0 fully saturated rings. The molecule has 0 aliphatic rings. The third-order valence-corrected chi connectivity index (χ3v) is 2.50. The topological polar surface area (TPSA) is 32.3 Å². The van der Waals surface area contributed by atoms with E-state index in [0.717, 1.165) is 6.42 Å². The molecule has 2 atom stereocenters. The minimum Gasteiger partial charge on any atom is -0.395 e. The van der Waals surface area contributed by atoms with Crippen LogP contribution in [0.15, 0.2) is 30.3 Å². The van der Waals surface area contributed by atoms with E-state index in [9.17, 15) is 0 Å². The second kappa shape index (κ2) is 5.78. The second-order valence-electron chi connectivity index (χ2n) is 3.59. The Morgan fingerprint density at radius 1 is 1.29 bits per heavy atom. The van der Waals surface area contributed by atoms with Crippen molar-refractivity contribution >= 4 is 0 Å². The van der Waals surface area contributed by atoms with Gasteiger partial charge in [0.1, 0.15) is 0 Å². The standard InChI is InChI=1S/C12H19NO/c1-3-12(9-14)13-10(2)11-7-5-4-6-8-11/h4-8,10,12-14H,3,9H2,1-2H3/t10-,12-/m1/s1. The maximum Gasteiger partial charge on any atom is 0.0584 e. The van der Waals surface area contributed by atoms with Crippen LogP contribution in [0.5, 0.6) is 0 Å². The molecule has 0 amide bonds. The molecular weight excluding hydrogens is 174 g/mol. The van der Waals surface area contributed by atoms with Crippen molar-refractivity contribution in [2.45, 2.75) is 32.4 Å². The third-order valence-electron chi connectivity index (χ3n) is 2.50. The van der Waals surface area contributed by atoms with E-state index in [1.165, 1.54) is 5.56 Å². The smallest absolute Gasteiger partial charge is 0.0584 e. The second-order valence-corrected chi connectivity index (χ2v) is 3.59. The number of aliphatic hydroxyl groups excluding tert-OH is 1. The van der Waals surface area contributed by atoms with Gasteiger partial charge in [0.15, 0.2) is 0 Å². The number of hydrogen-bond acceptors (Lipinski definition) is 2. The summed E-state index contributed by atoms with van der Waals surface area (Å²) in [4.78, 5) is 0. The summed E-state index contributed by atoms with van der Waals surface area (Å²) in [6.45, 7) is 4.40. The molecule has 0 unspecified atom stereocenters. The molecule has 0 heterocycles. The fourth-order valence-corrected chi connectivity index (χ4v) is 1.49. The molecule has 0 aliphatic heterocycles. The van der Waals surface area contributed by atoms with Gasteiger partial charge >= 0.3 is 0 Å². The molecular formula is C12H19NO. The predicted molar refractivity (Wildman–Crippen MR) is 59.2 cm³/mol. The first-order valence-electron chi connectivity index (χ1n) is 5.19. The van der Waals surface area contributed by atoms with Crippen molar-refractivity contribution < 1.29 is 5.11 Å². The van der Waals surface area contributed by atoms with Crippen molar-refractivity contribution in [1.82, 2.24) is 5.32 Å². The Balaban J connectivity index is 2.54. The van der Waals surface area contributed by atoms with Crippen molar-refractivity contribution in [1.29, 1.82) is 0 Å². The van der Waals surface area contributed by atoms with E-state index in [2.05, 4.69) is 31.3 Å². The molecule has 1 aromatic rings. The normalized spacial score (nSPS) is 15.1. The first-order valence-corrected chi connectivity index (χ1v) is 5.19. The first-order chi connectivity index (χ1) is 6.77. The molecule has 0 aromatic heterocycles. The molecule has 2 N–H and O–H groups in total. The van der Waals surface area contributed by atoms with E-state index in [-0.39, 0.29) is 12.6 Å². The highest BCUT2D eigenvalue weighted by molar-refractivity contribution is 5.18. The highest BCUT2D eigenvalue weighted by atomic mass is 16.3. The van der Waals surface area contributed by atoms with Gasteiger partial charge in [-0.25, -0.2) is 0 Å². The lowest BCUT2D eigenvalue weighted by atomic mass is 10.1. The van der Waals surface area contributed by atoms with Gasteiger partial charge in [0.05, 0.1) is 6.61 Å². The quantitative estimate of drug-likeness (QED) is 0.750. The van der Waals surface area contributed by atoms with Crippen LogP contribution in [-0.4, -0.2) is 17.8 Å². The summed E-state index contributed by atoms with van der Waals surface area (Å²) in [5.41, 5.74) is 1.26. The number of rotatable bonds is 5. The van der Waals surface area contributed by atoms with Crippen LogP contribution in [0.2, 0.25) is 0 Å². The zero-order chi connectivity index (χ0) is 10.4. The molecule has 0 saturated heterocycles. The third kappa shape index (κ3) is 3.13. The average molecular weight is 193 g/mol. The number of nitrogens with one attached hydrogen (secondary N) is 1. The Kier molecular flexibility index (Phi) is 4.63. The van der Waals surface area contributed by atoms with Crippen LogP contribution in [0.1, 0.15) is 31.9 Å². The van der Waals surface area contributed by atoms with Crippen LogP contribution in [0.4, 0.5) is 0 Å². The van der Waals surface area contributed by atoms with Gasteiger partial charge in [0, 0.05) is 12.1 Å². The van der Waals surface area contributed by atoms with E-state index in [1.807, 2.05) is 18.2 Å². The Morgan fingerprint density at radius 2 is 1.93 bits per heavy atom. The van der Waals surface area contributed by atoms with Gasteiger partial charge in [-0.3, -0.25) is 0 Å². The summed E-state index contributed by atoms with van der Waals surface area (Å²) in [6, 6.07) is 10.8. The van der Waals surface area contributed by atoms with Gasteiger partial charge in [0.25, 0.3) is 0 Å². The minimum absolute atomic E-state index is 0.199. The van der Waals surface area contributed by atoms with Gasteiger partial charge in [-0.2, -0.15) is 0 Å². The Bertz CT molecular complexity index is 244.